The van der Waals surface area contributed by atoms with E-state index in [9.17, 15) is 123 Å². The number of carbonyl (C=O) groups excluding carboxylic acids is 11. The van der Waals surface area contributed by atoms with E-state index in [4.69, 9.17) is 66.7 Å². The number of nitrogens with two attached hydrogens (primary N) is 1. The maximum absolute atomic E-state index is 14.5. The number of nitrogens with one attached hydrogen (secondary N) is 5. The molecule has 5 saturated heterocycles. The molecule has 19 N–H and O–H groups in total. The van der Waals surface area contributed by atoms with Crippen molar-refractivity contribution in [2.45, 2.75) is 290 Å². The van der Waals surface area contributed by atoms with Crippen LogP contribution in [0.2, 0.25) is 0 Å². The van der Waals surface area contributed by atoms with Crippen LogP contribution in [0.5, 0.6) is 0 Å². The maximum atomic E-state index is 14.5. The lowest BCUT2D eigenvalue weighted by Crippen LogP contribution is -2.64. The molecule has 5 fully saturated rings. The van der Waals surface area contributed by atoms with E-state index in [1.807, 2.05) is 0 Å². The minimum Gasteiger partial charge on any atom is -0.394 e. The summed E-state index contributed by atoms with van der Waals surface area (Å²) in [5, 5.41) is 116. The number of aromatic nitrogens is 4. The second-order valence-electron chi connectivity index (χ2n) is 32.5. The summed E-state index contributed by atoms with van der Waals surface area (Å²) in [6.07, 6.45) is -22.0. The smallest absolute Gasteiger partial charge is 0.394 e. The van der Waals surface area contributed by atoms with E-state index in [1.54, 1.807) is 0 Å². The molecule has 5 aliphatic heterocycles. The highest BCUT2D eigenvalue weighted by atomic mass is 31.2. The molecule has 22 atom stereocenters. The Morgan fingerprint density at radius 2 is 0.961 bits per heavy atom. The average molecular weight is 1890 g/mol. The highest BCUT2D eigenvalue weighted by molar-refractivity contribution is 7.53. The van der Waals surface area contributed by atoms with E-state index in [1.165, 1.54) is 38.0 Å². The van der Waals surface area contributed by atoms with Crippen LogP contribution < -0.4 is 32.3 Å². The highest BCUT2D eigenvalue weighted by Gasteiger charge is 2.50. The fraction of sp³-hybridized carbons (Fsp3) is 0.795. The maximum Gasteiger partial charge on any atom is 0.472 e. The van der Waals surface area contributed by atoms with Crippen molar-refractivity contribution < 1.29 is 184 Å². The number of amides is 6. The molecule has 0 spiro atoms. The molecule has 8 unspecified atom stereocenters. The molecule has 0 aromatic carbocycles. The van der Waals surface area contributed by atoms with Gasteiger partial charge < -0.3 is 150 Å². The number of unbranched alkanes of at least 4 members (excludes halogenated alkanes) is 1. The fourth-order valence-electron chi connectivity index (χ4n) is 14.6. The number of ether oxygens (including phenoxy) is 10. The molecule has 7 rings (SSSR count). The number of fused-ring (bicyclic) bond motifs is 1. The van der Waals surface area contributed by atoms with Crippen molar-refractivity contribution in [2.75, 3.05) is 111 Å². The van der Waals surface area contributed by atoms with Gasteiger partial charge in [-0.05, 0) is 32.1 Å². The molecule has 0 bridgehead atoms. The Hall–Kier alpha value is -7.02. The largest absolute Gasteiger partial charge is 0.472 e. The van der Waals surface area contributed by atoms with Crippen molar-refractivity contribution in [3.8, 4) is 0 Å². The number of ketones is 5. The van der Waals surface area contributed by atoms with Crippen LogP contribution in [0.3, 0.4) is 0 Å². The van der Waals surface area contributed by atoms with Gasteiger partial charge in [0.25, 0.3) is 0 Å². The quantitative estimate of drug-likeness (QED) is 0.0218. The summed E-state index contributed by atoms with van der Waals surface area (Å²) in [5.74, 6) is -5.48. The summed E-state index contributed by atoms with van der Waals surface area (Å²) < 4.78 is 103. The van der Waals surface area contributed by atoms with Crippen LogP contribution in [0.25, 0.3) is 11.2 Å². The molecule has 732 valence electrons. The number of anilines is 1. The van der Waals surface area contributed by atoms with Gasteiger partial charge in [0, 0.05) is 124 Å². The Bertz CT molecular complexity index is 3970. The molecule has 51 heteroatoms. The Morgan fingerprint density at radius 1 is 0.519 bits per heavy atom. The van der Waals surface area contributed by atoms with Crippen molar-refractivity contribution in [3.05, 3.63) is 12.7 Å². The van der Waals surface area contributed by atoms with Crippen molar-refractivity contribution in [1.82, 2.24) is 51.0 Å². The first-order valence-electron chi connectivity index (χ1n) is 42.8. The highest BCUT2D eigenvalue weighted by Crippen LogP contribution is 2.52. The van der Waals surface area contributed by atoms with Crippen molar-refractivity contribution in [1.29, 1.82) is 0 Å². The topological polar surface area (TPSA) is 718 Å². The molecular weight excluding hydrogens is 1760 g/mol. The number of aliphatic hydroxyl groups excluding tert-OH is 10. The lowest BCUT2D eigenvalue weighted by atomic mass is 9.97. The molecule has 49 nitrogen and oxygen atoms in total. The number of nitrogen functional groups attached to an aromatic ring is 1. The van der Waals surface area contributed by atoms with Crippen LogP contribution in [0, 0.1) is 0 Å². The number of imidazole rings is 1. The summed E-state index contributed by atoms with van der Waals surface area (Å²) in [5.41, 5.74) is 3.79. The average Bonchev–Trinajstić information content (AvgIpc) is 1.58. The van der Waals surface area contributed by atoms with Gasteiger partial charge in [-0.25, -0.2) is 19.5 Å². The number of nitrogens with zero attached hydrogens (tertiary/aromatic N) is 5. The SMILES string of the molecule is CC(=O)NC1[C@H](OCCC(=O)CCCCNC(=O)CCOCC(COCCC(=O)CCCC(=O)CCO[C@@H]2OC(CO)[C@H](O)[C@H](O)C2NC(C)=O)(COCCC(=O)CCCC(=O)CCO[C@@H]2OC(CO)[C@H](O)[C@H](O)C2NC(C)=O)NC(=O)CCC(=O)N2C[C@H](O)C[C@H]2COP(=O)(O)O[C@H]2C[C@H](n3cnc4c(N)ncnc43)O[C@@H]2COP(=O)(O)C(C)C)OC(CO)[C@H](O)[C@@H]1O. The lowest BCUT2D eigenvalue weighted by Gasteiger charge is -2.42. The number of likely N-dealkylation sites (tertiary alicyclic amines) is 1. The molecule has 5 aliphatic rings. The van der Waals surface area contributed by atoms with Crippen LogP contribution in [0.15, 0.2) is 12.7 Å². The van der Waals surface area contributed by atoms with Gasteiger partial charge in [-0.3, -0.25) is 70.9 Å². The zero-order valence-corrected chi connectivity index (χ0v) is 74.5. The Labute approximate surface area is 742 Å². The molecule has 129 heavy (non-hydrogen) atoms. The lowest BCUT2D eigenvalue weighted by molar-refractivity contribution is -0.269. The second-order valence-corrected chi connectivity index (χ2v) is 36.3. The van der Waals surface area contributed by atoms with Gasteiger partial charge in [0.15, 0.2) is 30.3 Å². The zero-order chi connectivity index (χ0) is 94.9. The van der Waals surface area contributed by atoms with Crippen molar-refractivity contribution >= 4 is 96.8 Å². The molecule has 7 heterocycles. The van der Waals surface area contributed by atoms with Crippen LogP contribution in [0.1, 0.15) is 163 Å². The molecule has 0 aliphatic carbocycles. The number of phosphoric ester groups is 1. The first kappa shape index (κ1) is 109. The van der Waals surface area contributed by atoms with E-state index in [0.717, 1.165) is 18.7 Å². The number of β-amino-alcohol motifs (C(OH)–C–C–N with tert-alkyl or cyclic N) is 1. The van der Waals surface area contributed by atoms with E-state index in [-0.39, 0.29) is 195 Å². The van der Waals surface area contributed by atoms with E-state index in [2.05, 4.69) is 41.5 Å². The molecule has 2 aromatic rings. The zero-order valence-electron chi connectivity index (χ0n) is 72.7. The normalized spacial score (nSPS) is 27.9. The number of hydrogen-bond acceptors (Lipinski definition) is 40. The second kappa shape index (κ2) is 53.8. The third-order valence-electron chi connectivity index (χ3n) is 21.8. The number of Topliss-reactive ketones (excluding diaryl/α,β-unsaturated/α-hetero) is 5. The Kier molecular flexibility index (Phi) is 45.4. The summed E-state index contributed by atoms with van der Waals surface area (Å²) in [4.78, 5) is 179. The monoisotopic (exact) mass is 1890 g/mol. The predicted octanol–water partition coefficient (Wildman–Crippen LogP) is -4.85. The third-order valence-corrected chi connectivity index (χ3v) is 24.6. The van der Waals surface area contributed by atoms with Crippen LogP contribution in [-0.2, 0) is 123 Å². The van der Waals surface area contributed by atoms with Gasteiger partial charge in [0.1, 0.15) is 138 Å². The Balaban J connectivity index is 0.997. The number of rotatable bonds is 60. The van der Waals surface area contributed by atoms with Gasteiger partial charge in [-0.1, -0.05) is 13.8 Å². The molecule has 2 aromatic heterocycles. The minimum atomic E-state index is -5.18. The van der Waals surface area contributed by atoms with E-state index < -0.39 is 250 Å². The minimum absolute atomic E-state index is 0.0391. The summed E-state index contributed by atoms with van der Waals surface area (Å²) in [7, 11) is -9.42. The van der Waals surface area contributed by atoms with E-state index in [0.29, 0.717) is 12.8 Å². The van der Waals surface area contributed by atoms with Gasteiger partial charge in [-0.15, -0.1) is 0 Å². The van der Waals surface area contributed by atoms with Gasteiger partial charge in [0.2, 0.25) is 35.4 Å². The standard InChI is InChI=1S/C78H127N11O38P2/c1-43(2)128(111,112)121-37-58-54(31-62(123-58)89-42-83-66-73(79)81-41-82-74(66)89)127-129(113,114)122-36-47-30-53(101)32-88(47)61(104)16-15-60(103)87-78(38-115-24-17-49(97)11-8-13-51(99)20-28-119-76-64(85-45(4)94)71(109)68(106)56(34-91)125-76,39-116-25-18-50(98)12-9-14-52(100)21-29-120-77-65(86-46(5)95)72(110)69(107)57(35-92)126-77)40-117-26-22-59(102)80-23-7-6-10-48(96)19-27-118-75-63(84-44(3)93)70(108)67(105)55(33-90)124-75/h41-43,47,53-58,62-65,67-72,75-77,90-92,101,105-110H,6-40H2,1-5H3,(H,80,102)(H,84,93)(H,85,94)(H,86,95)(H,87,103)(H,111,112)(H,113,114)(H2,79,81,82)/t47-,53+,54-,55?,56?,57?,58+,62+,63?,64?,65?,67-,68-,69-,70+,71+,72+,75+,76+,77+,78?/m0/s1. The summed E-state index contributed by atoms with van der Waals surface area (Å²) >= 11 is 0. The summed E-state index contributed by atoms with van der Waals surface area (Å²) in [6, 6.07) is -4.82. The number of hydrogen-bond donors (Lipinski definition) is 18. The number of aliphatic hydroxyl groups is 10. The number of phosphoric acid groups is 1. The van der Waals surface area contributed by atoms with Crippen LogP contribution in [0.4, 0.5) is 5.82 Å². The molecule has 0 saturated carbocycles. The Morgan fingerprint density at radius 3 is 1.40 bits per heavy atom. The van der Waals surface area contributed by atoms with Crippen LogP contribution >= 0.6 is 15.4 Å². The summed E-state index contributed by atoms with van der Waals surface area (Å²) in [6.45, 7) is -0.464. The van der Waals surface area contributed by atoms with Crippen molar-refractivity contribution in [3.63, 3.8) is 0 Å². The molecular formula is C78H127N11O38P2. The van der Waals surface area contributed by atoms with Gasteiger partial charge in [-0.2, -0.15) is 0 Å². The fourth-order valence-corrected chi connectivity index (χ4v) is 16.3. The molecule has 0 radical (unpaired) electrons. The molecule has 6 amide bonds. The third kappa shape index (κ3) is 35.1. The predicted molar refractivity (Wildman–Crippen MR) is 440 cm³/mol. The van der Waals surface area contributed by atoms with Crippen molar-refractivity contribution in [2.24, 2.45) is 0 Å². The van der Waals surface area contributed by atoms with E-state index >= 15 is 0 Å². The van der Waals surface area contributed by atoms with Crippen LogP contribution in [-0.4, -0.2) is 383 Å². The van der Waals surface area contributed by atoms with Gasteiger partial charge in [0.05, 0.1) is 117 Å². The van der Waals surface area contributed by atoms with Gasteiger partial charge >= 0.3 is 15.4 Å². The first-order valence-corrected chi connectivity index (χ1v) is 45.9. The first-order chi connectivity index (χ1) is 61.2. The number of carbonyl (C=O) groups is 11.